The second-order valence-electron chi connectivity index (χ2n) is 5.41. The van der Waals surface area contributed by atoms with Gasteiger partial charge in [0.1, 0.15) is 0 Å². The van der Waals surface area contributed by atoms with Crippen molar-refractivity contribution < 1.29 is 22.8 Å². The predicted octanol–water partition coefficient (Wildman–Crippen LogP) is -0.0440. The molecule has 0 radical (unpaired) electrons. The van der Waals surface area contributed by atoms with Crippen LogP contribution in [-0.2, 0) is 10.0 Å². The third-order valence-electron chi connectivity index (χ3n) is 4.08. The maximum atomic E-state index is 12.8. The minimum Gasteiger partial charge on any atom is -0.493 e. The molecule has 0 aliphatic carbocycles. The summed E-state index contributed by atoms with van der Waals surface area (Å²) >= 11 is 1.83. The van der Waals surface area contributed by atoms with E-state index in [1.165, 1.54) is 25.2 Å². The van der Waals surface area contributed by atoms with Crippen LogP contribution in [0.15, 0.2) is 23.1 Å². The molecule has 6 nitrogen and oxygen atoms in total. The largest absolute Gasteiger partial charge is 0.493 e. The van der Waals surface area contributed by atoms with Crippen molar-refractivity contribution in [3.63, 3.8) is 0 Å². The summed E-state index contributed by atoms with van der Waals surface area (Å²) in [5.41, 5.74) is 0. The zero-order chi connectivity index (χ0) is 16.9. The van der Waals surface area contributed by atoms with E-state index in [1.54, 1.807) is 16.4 Å². The molecular formula is C15H25N2O4S2+. The summed E-state index contributed by atoms with van der Waals surface area (Å²) in [6, 6.07) is 4.73. The lowest BCUT2D eigenvalue weighted by Crippen LogP contribution is -3.15. The first-order valence-electron chi connectivity index (χ1n) is 7.57. The molecule has 8 heteroatoms. The molecule has 1 saturated heterocycles. The van der Waals surface area contributed by atoms with Crippen LogP contribution < -0.4 is 14.4 Å². The first-order chi connectivity index (χ1) is 11.0. The van der Waals surface area contributed by atoms with E-state index in [2.05, 4.69) is 6.26 Å². The standard InChI is InChI=1S/C15H24N2O4S2/c1-20-14-5-4-13(12-15(14)21-2)23(18,19)17-8-6-16(7-9-17)10-11-22-3/h4-5,12H,6-11H2,1-3H3/p+1. The van der Waals surface area contributed by atoms with Gasteiger partial charge in [0, 0.05) is 11.8 Å². The van der Waals surface area contributed by atoms with Crippen molar-refractivity contribution in [3.8, 4) is 11.5 Å². The highest BCUT2D eigenvalue weighted by Gasteiger charge is 2.30. The summed E-state index contributed by atoms with van der Waals surface area (Å²) < 4.78 is 37.5. The van der Waals surface area contributed by atoms with Crippen LogP contribution in [0.1, 0.15) is 0 Å². The number of sulfonamides is 1. The smallest absolute Gasteiger partial charge is 0.243 e. The van der Waals surface area contributed by atoms with Crippen LogP contribution in [0.3, 0.4) is 0 Å². The van der Waals surface area contributed by atoms with Gasteiger partial charge in [-0.05, 0) is 18.4 Å². The highest BCUT2D eigenvalue weighted by atomic mass is 32.2. The Hall–Kier alpha value is -0.960. The molecule has 2 rings (SSSR count). The molecule has 1 heterocycles. The third-order valence-corrected chi connectivity index (χ3v) is 6.59. The van der Waals surface area contributed by atoms with Crippen LogP contribution in [0.5, 0.6) is 11.5 Å². The number of nitrogens with zero attached hydrogens (tertiary/aromatic N) is 1. The summed E-state index contributed by atoms with van der Waals surface area (Å²) in [7, 11) is -0.452. The van der Waals surface area contributed by atoms with Gasteiger partial charge in [-0.2, -0.15) is 16.1 Å². The molecule has 23 heavy (non-hydrogen) atoms. The Kier molecular flexibility index (Phi) is 6.58. The Morgan fingerprint density at radius 2 is 1.83 bits per heavy atom. The highest BCUT2D eigenvalue weighted by molar-refractivity contribution is 7.98. The Morgan fingerprint density at radius 3 is 2.39 bits per heavy atom. The van der Waals surface area contributed by atoms with Crippen LogP contribution in [0, 0.1) is 0 Å². The zero-order valence-corrected chi connectivity index (χ0v) is 15.5. The molecule has 1 fully saturated rings. The first kappa shape index (κ1) is 18.4. The molecule has 1 aliphatic heterocycles. The molecule has 1 aromatic carbocycles. The highest BCUT2D eigenvalue weighted by Crippen LogP contribution is 2.30. The number of ether oxygens (including phenoxy) is 2. The average molecular weight is 362 g/mol. The van der Waals surface area contributed by atoms with E-state index in [0.29, 0.717) is 24.6 Å². The van der Waals surface area contributed by atoms with Crippen LogP contribution >= 0.6 is 11.8 Å². The number of hydrogen-bond acceptors (Lipinski definition) is 5. The molecule has 0 saturated carbocycles. The summed E-state index contributed by atoms with van der Waals surface area (Å²) in [6.45, 7) is 3.91. The third kappa shape index (κ3) is 4.32. The number of benzene rings is 1. The lowest BCUT2D eigenvalue weighted by molar-refractivity contribution is -0.901. The number of thioether (sulfide) groups is 1. The molecule has 0 amide bonds. The SMILES string of the molecule is COc1ccc(S(=O)(=O)N2CC[NH+](CCSC)CC2)cc1OC. The van der Waals surface area contributed by atoms with E-state index in [-0.39, 0.29) is 4.90 Å². The second-order valence-corrected chi connectivity index (χ2v) is 8.34. The van der Waals surface area contributed by atoms with Crippen molar-refractivity contribution in [1.29, 1.82) is 0 Å². The van der Waals surface area contributed by atoms with Gasteiger partial charge in [-0.25, -0.2) is 8.42 Å². The van der Waals surface area contributed by atoms with Crippen molar-refractivity contribution in [3.05, 3.63) is 18.2 Å². The van der Waals surface area contributed by atoms with E-state index >= 15 is 0 Å². The molecular weight excluding hydrogens is 336 g/mol. The Labute approximate surface area is 142 Å². The van der Waals surface area contributed by atoms with Crippen molar-refractivity contribution >= 4 is 21.8 Å². The maximum absolute atomic E-state index is 12.8. The van der Waals surface area contributed by atoms with Gasteiger partial charge < -0.3 is 14.4 Å². The van der Waals surface area contributed by atoms with Crippen molar-refractivity contribution in [2.45, 2.75) is 4.90 Å². The number of rotatable bonds is 7. The van der Waals surface area contributed by atoms with Crippen LogP contribution in [-0.4, -0.2) is 71.7 Å². The summed E-state index contributed by atoms with van der Waals surface area (Å²) in [5, 5.41) is 0. The Morgan fingerprint density at radius 1 is 1.17 bits per heavy atom. The number of nitrogens with one attached hydrogen (secondary N) is 1. The Bertz CT molecular complexity index is 614. The van der Waals surface area contributed by atoms with E-state index < -0.39 is 10.0 Å². The molecule has 130 valence electrons. The van der Waals surface area contributed by atoms with Crippen LogP contribution in [0.4, 0.5) is 0 Å². The molecule has 1 aliphatic rings. The number of methoxy groups -OCH3 is 2. The van der Waals surface area contributed by atoms with Crippen molar-refractivity contribution in [2.24, 2.45) is 0 Å². The van der Waals surface area contributed by atoms with Crippen molar-refractivity contribution in [2.75, 3.05) is 59.0 Å². The van der Waals surface area contributed by atoms with E-state index in [0.717, 1.165) is 25.4 Å². The minimum absolute atomic E-state index is 0.253. The molecule has 0 aromatic heterocycles. The summed E-state index contributed by atoms with van der Waals surface area (Å²) in [4.78, 5) is 1.72. The van der Waals surface area contributed by atoms with Crippen LogP contribution in [0.25, 0.3) is 0 Å². The number of hydrogen-bond donors (Lipinski definition) is 1. The fourth-order valence-electron chi connectivity index (χ4n) is 2.67. The van der Waals surface area contributed by atoms with Crippen LogP contribution in [0.2, 0.25) is 0 Å². The molecule has 0 unspecified atom stereocenters. The maximum Gasteiger partial charge on any atom is 0.243 e. The van der Waals surface area contributed by atoms with Gasteiger partial charge in [0.2, 0.25) is 10.0 Å². The lowest BCUT2D eigenvalue weighted by atomic mass is 10.3. The Balaban J connectivity index is 2.10. The van der Waals surface area contributed by atoms with Gasteiger partial charge in [-0.1, -0.05) is 0 Å². The summed E-state index contributed by atoms with van der Waals surface area (Å²) in [5.74, 6) is 2.06. The van der Waals surface area contributed by atoms with Gasteiger partial charge in [-0.3, -0.25) is 0 Å². The zero-order valence-electron chi connectivity index (χ0n) is 13.9. The number of piperazine rings is 1. The average Bonchev–Trinajstić information content (AvgIpc) is 2.59. The van der Waals surface area contributed by atoms with E-state index in [4.69, 9.17) is 9.47 Å². The molecule has 1 N–H and O–H groups in total. The predicted molar refractivity (Wildman–Crippen MR) is 92.3 cm³/mol. The lowest BCUT2D eigenvalue weighted by Gasteiger charge is -2.31. The minimum atomic E-state index is -3.48. The van der Waals surface area contributed by atoms with Gasteiger partial charge in [-0.15, -0.1) is 0 Å². The molecule has 1 aromatic rings. The number of quaternary nitrogens is 1. The van der Waals surface area contributed by atoms with Gasteiger partial charge in [0.15, 0.2) is 11.5 Å². The second kappa shape index (κ2) is 8.23. The summed E-state index contributed by atoms with van der Waals surface area (Å²) in [6.07, 6.45) is 2.09. The molecule has 0 bridgehead atoms. The first-order valence-corrected chi connectivity index (χ1v) is 10.4. The molecule has 0 atom stereocenters. The fourth-order valence-corrected chi connectivity index (χ4v) is 4.62. The van der Waals surface area contributed by atoms with Crippen molar-refractivity contribution in [1.82, 2.24) is 4.31 Å². The fraction of sp³-hybridized carbons (Fsp3) is 0.600. The van der Waals surface area contributed by atoms with E-state index in [9.17, 15) is 8.42 Å². The normalized spacial score (nSPS) is 17.2. The topological polar surface area (TPSA) is 60.3 Å². The molecule has 0 spiro atoms. The monoisotopic (exact) mass is 361 g/mol. The van der Waals surface area contributed by atoms with Gasteiger partial charge in [0.05, 0.1) is 51.8 Å². The van der Waals surface area contributed by atoms with Gasteiger partial charge in [0.25, 0.3) is 0 Å². The van der Waals surface area contributed by atoms with Gasteiger partial charge >= 0.3 is 0 Å². The quantitative estimate of drug-likeness (QED) is 0.738. The van der Waals surface area contributed by atoms with E-state index in [1.807, 2.05) is 11.8 Å².